The van der Waals surface area contributed by atoms with Gasteiger partial charge < -0.3 is 9.57 Å². The van der Waals surface area contributed by atoms with Gasteiger partial charge in [-0.3, -0.25) is 0 Å². The number of methoxy groups -OCH3 is 1. The fraction of sp³-hybridized carbons (Fsp3) is 0.100. The Morgan fingerprint density at radius 2 is 1.88 bits per heavy atom. The molecule has 26 heavy (non-hydrogen) atoms. The molecule has 130 valence electrons. The van der Waals surface area contributed by atoms with Gasteiger partial charge in [0.2, 0.25) is 0 Å². The van der Waals surface area contributed by atoms with Gasteiger partial charge in [0.1, 0.15) is 35.9 Å². The highest BCUT2D eigenvalue weighted by Crippen LogP contribution is 2.44. The van der Waals surface area contributed by atoms with Crippen molar-refractivity contribution in [3.8, 4) is 5.75 Å². The third kappa shape index (κ3) is 2.86. The molecule has 1 atom stereocenters. The molecule has 3 aromatic rings. The van der Waals surface area contributed by atoms with E-state index in [1.54, 1.807) is 36.8 Å². The Hall–Kier alpha value is -3.41. The van der Waals surface area contributed by atoms with Crippen LogP contribution in [0.2, 0.25) is 0 Å². The Labute approximate surface area is 150 Å². The molecule has 1 aliphatic heterocycles. The Morgan fingerprint density at radius 1 is 1.08 bits per heavy atom. The van der Waals surface area contributed by atoms with Crippen LogP contribution < -0.4 is 9.80 Å². The number of halogens is 1. The number of aromatic nitrogens is 2. The van der Waals surface area contributed by atoms with Crippen LogP contribution >= 0.6 is 0 Å². The van der Waals surface area contributed by atoms with Crippen molar-refractivity contribution in [2.24, 2.45) is 0 Å². The average Bonchev–Trinajstić information content (AvgIpc) is 3.14. The van der Waals surface area contributed by atoms with E-state index in [4.69, 9.17) is 9.57 Å². The van der Waals surface area contributed by atoms with Crippen molar-refractivity contribution in [3.63, 3.8) is 0 Å². The molecule has 6 heteroatoms. The predicted molar refractivity (Wildman–Crippen MR) is 95.7 cm³/mol. The number of anilines is 1. The van der Waals surface area contributed by atoms with Gasteiger partial charge in [0.05, 0.1) is 12.8 Å². The number of hydroxylamine groups is 1. The summed E-state index contributed by atoms with van der Waals surface area (Å²) in [5, 5.41) is 1.74. The molecule has 4 rings (SSSR count). The number of rotatable bonds is 4. The van der Waals surface area contributed by atoms with Gasteiger partial charge in [-0.15, -0.1) is 0 Å². The zero-order valence-electron chi connectivity index (χ0n) is 14.0. The van der Waals surface area contributed by atoms with Gasteiger partial charge in [0, 0.05) is 11.8 Å². The highest BCUT2D eigenvalue weighted by Gasteiger charge is 2.35. The topological polar surface area (TPSA) is 47.5 Å². The second-order valence-corrected chi connectivity index (χ2v) is 5.72. The van der Waals surface area contributed by atoms with Crippen LogP contribution in [0.3, 0.4) is 0 Å². The number of ether oxygens (including phenoxy) is 1. The van der Waals surface area contributed by atoms with Gasteiger partial charge in [-0.2, -0.15) is 5.06 Å². The number of benzene rings is 2. The number of hydrogen-bond acceptors (Lipinski definition) is 5. The van der Waals surface area contributed by atoms with Crippen LogP contribution in [-0.2, 0) is 4.84 Å². The van der Waals surface area contributed by atoms with Crippen molar-refractivity contribution in [1.29, 1.82) is 0 Å². The zero-order chi connectivity index (χ0) is 17.9. The van der Waals surface area contributed by atoms with Crippen molar-refractivity contribution in [3.05, 3.63) is 90.5 Å². The molecule has 0 spiro atoms. The van der Waals surface area contributed by atoms with Crippen LogP contribution in [0, 0.1) is 5.82 Å². The van der Waals surface area contributed by atoms with Crippen LogP contribution in [0.1, 0.15) is 17.3 Å². The maximum absolute atomic E-state index is 13.3. The quantitative estimate of drug-likeness (QED) is 0.708. The molecule has 0 amide bonds. The SMILES string of the molecule is COc1ccccc1N1OC=C(c2ccc(F)cc2)C1c1ccncn1. The lowest BCUT2D eigenvalue weighted by molar-refractivity contribution is 0.220. The highest BCUT2D eigenvalue weighted by atomic mass is 19.1. The first-order valence-corrected chi connectivity index (χ1v) is 8.09. The third-order valence-corrected chi connectivity index (χ3v) is 4.21. The maximum atomic E-state index is 13.3. The summed E-state index contributed by atoms with van der Waals surface area (Å²) in [6.07, 6.45) is 4.84. The fourth-order valence-corrected chi connectivity index (χ4v) is 2.98. The molecular formula is C20H16FN3O2. The molecular weight excluding hydrogens is 333 g/mol. The Kier molecular flexibility index (Phi) is 4.23. The van der Waals surface area contributed by atoms with E-state index in [1.807, 2.05) is 30.3 Å². The summed E-state index contributed by atoms with van der Waals surface area (Å²) in [5.41, 5.74) is 3.26. The highest BCUT2D eigenvalue weighted by molar-refractivity contribution is 5.76. The van der Waals surface area contributed by atoms with E-state index in [9.17, 15) is 4.39 Å². The number of para-hydroxylation sites is 2. The monoisotopic (exact) mass is 349 g/mol. The summed E-state index contributed by atoms with van der Waals surface area (Å²) in [4.78, 5) is 14.3. The van der Waals surface area contributed by atoms with Gasteiger partial charge in [-0.05, 0) is 35.9 Å². The summed E-state index contributed by atoms with van der Waals surface area (Å²) < 4.78 is 18.8. The van der Waals surface area contributed by atoms with E-state index in [0.29, 0.717) is 5.75 Å². The second kappa shape index (κ2) is 6.84. The molecule has 0 bridgehead atoms. The molecule has 5 nitrogen and oxygen atoms in total. The average molecular weight is 349 g/mol. The summed E-state index contributed by atoms with van der Waals surface area (Å²) in [7, 11) is 1.61. The van der Waals surface area contributed by atoms with Gasteiger partial charge >= 0.3 is 0 Å². The van der Waals surface area contributed by atoms with E-state index >= 15 is 0 Å². The molecule has 0 saturated carbocycles. The van der Waals surface area contributed by atoms with E-state index in [-0.39, 0.29) is 11.9 Å². The minimum absolute atomic E-state index is 0.284. The summed E-state index contributed by atoms with van der Waals surface area (Å²) in [5.74, 6) is 0.397. The Balaban J connectivity index is 1.80. The molecule has 1 aliphatic rings. The van der Waals surface area contributed by atoms with E-state index in [2.05, 4.69) is 9.97 Å². The Bertz CT molecular complexity index is 929. The van der Waals surface area contributed by atoms with Crippen molar-refractivity contribution < 1.29 is 14.0 Å². The minimum atomic E-state index is -0.320. The summed E-state index contributed by atoms with van der Waals surface area (Å²) >= 11 is 0. The van der Waals surface area contributed by atoms with Gasteiger partial charge in [0.25, 0.3) is 0 Å². The molecule has 2 heterocycles. The van der Waals surface area contributed by atoms with Crippen LogP contribution in [0.5, 0.6) is 5.75 Å². The molecule has 1 aromatic heterocycles. The lowest BCUT2D eigenvalue weighted by atomic mass is 9.97. The van der Waals surface area contributed by atoms with E-state index < -0.39 is 0 Å². The normalized spacial score (nSPS) is 16.2. The first-order valence-electron chi connectivity index (χ1n) is 8.09. The van der Waals surface area contributed by atoms with Gasteiger partial charge in [0.15, 0.2) is 0 Å². The second-order valence-electron chi connectivity index (χ2n) is 5.72. The summed E-state index contributed by atoms with van der Waals surface area (Å²) in [6, 6.07) is 15.4. The molecule has 0 radical (unpaired) electrons. The van der Waals surface area contributed by atoms with E-state index in [1.165, 1.54) is 18.5 Å². The lowest BCUT2D eigenvalue weighted by Crippen LogP contribution is -2.24. The van der Waals surface area contributed by atoms with Crippen LogP contribution in [0.15, 0.2) is 73.4 Å². The molecule has 1 unspecified atom stereocenters. The molecule has 0 aliphatic carbocycles. The lowest BCUT2D eigenvalue weighted by Gasteiger charge is -2.27. The molecule has 0 N–H and O–H groups in total. The zero-order valence-corrected chi connectivity index (χ0v) is 14.0. The fourth-order valence-electron chi connectivity index (χ4n) is 2.98. The van der Waals surface area contributed by atoms with Gasteiger partial charge in [-0.1, -0.05) is 24.3 Å². The van der Waals surface area contributed by atoms with Gasteiger partial charge in [-0.25, -0.2) is 14.4 Å². The first kappa shape index (κ1) is 16.1. The Morgan fingerprint density at radius 3 is 2.62 bits per heavy atom. The van der Waals surface area contributed by atoms with E-state index in [0.717, 1.165) is 22.5 Å². The van der Waals surface area contributed by atoms with Crippen molar-refractivity contribution in [2.75, 3.05) is 12.2 Å². The maximum Gasteiger partial charge on any atom is 0.145 e. The smallest absolute Gasteiger partial charge is 0.145 e. The molecule has 0 fully saturated rings. The summed E-state index contributed by atoms with van der Waals surface area (Å²) in [6.45, 7) is 0. The van der Waals surface area contributed by atoms with Crippen molar-refractivity contribution in [1.82, 2.24) is 9.97 Å². The van der Waals surface area contributed by atoms with Crippen molar-refractivity contribution >= 4 is 11.3 Å². The van der Waals surface area contributed by atoms with Crippen LogP contribution in [0.25, 0.3) is 5.57 Å². The molecule has 2 aromatic carbocycles. The predicted octanol–water partition coefficient (Wildman–Crippen LogP) is 4.16. The molecule has 0 saturated heterocycles. The third-order valence-electron chi connectivity index (χ3n) is 4.21. The number of nitrogens with zero attached hydrogens (tertiary/aromatic N) is 3. The van der Waals surface area contributed by atoms with Crippen molar-refractivity contribution in [2.45, 2.75) is 6.04 Å². The minimum Gasteiger partial charge on any atom is -0.494 e. The van der Waals surface area contributed by atoms with Crippen LogP contribution in [0.4, 0.5) is 10.1 Å². The standard InChI is InChI=1S/C20H16FN3O2/c1-25-19-5-3-2-4-18(19)24-20(17-10-11-22-13-23-17)16(12-26-24)14-6-8-15(21)9-7-14/h2-13,20H,1H3. The number of hydrogen-bond donors (Lipinski definition) is 0. The van der Waals surface area contributed by atoms with Crippen LogP contribution in [-0.4, -0.2) is 17.1 Å². The first-order chi connectivity index (χ1) is 12.8. The largest absolute Gasteiger partial charge is 0.494 e.